The van der Waals surface area contributed by atoms with Crippen molar-refractivity contribution < 1.29 is 13.9 Å². The lowest BCUT2D eigenvalue weighted by molar-refractivity contribution is -0.142. The van der Waals surface area contributed by atoms with Gasteiger partial charge in [-0.3, -0.25) is 4.79 Å². The van der Waals surface area contributed by atoms with Crippen LogP contribution >= 0.6 is 0 Å². The van der Waals surface area contributed by atoms with E-state index in [9.17, 15) is 9.18 Å². The number of rotatable bonds is 5. The number of carbonyl (C=O) groups excluding carboxylic acids is 1. The minimum absolute atomic E-state index is 0.160. The Balaban J connectivity index is 1.59. The minimum Gasteiger partial charge on any atom is -0.459 e. The zero-order chi connectivity index (χ0) is 22.1. The number of fused-ring (bicyclic) bond motifs is 2. The number of carbonyl (C=O) groups is 1. The summed E-state index contributed by atoms with van der Waals surface area (Å²) in [6, 6.07) is 21.3. The van der Waals surface area contributed by atoms with Gasteiger partial charge in [0.15, 0.2) is 0 Å². The van der Waals surface area contributed by atoms with Gasteiger partial charge in [-0.25, -0.2) is 9.07 Å². The van der Waals surface area contributed by atoms with Crippen LogP contribution in [0.4, 0.5) is 4.39 Å². The van der Waals surface area contributed by atoms with Gasteiger partial charge in [-0.05, 0) is 66.3 Å². The molecular formula is C27H25FN2O2. The SMILES string of the molecule is CC(=O)OCc1nn(-c2ccc(F)cc2)c2c1CCCC2Cc1cccc2ccccc12. The maximum atomic E-state index is 13.6. The lowest BCUT2D eigenvalue weighted by atomic mass is 9.82. The third kappa shape index (κ3) is 3.91. The molecule has 0 saturated carbocycles. The van der Waals surface area contributed by atoms with Crippen molar-refractivity contribution in [1.82, 2.24) is 9.78 Å². The van der Waals surface area contributed by atoms with Crippen LogP contribution in [0.5, 0.6) is 0 Å². The summed E-state index contributed by atoms with van der Waals surface area (Å²) in [7, 11) is 0. The zero-order valence-corrected chi connectivity index (χ0v) is 18.1. The molecule has 0 radical (unpaired) electrons. The summed E-state index contributed by atoms with van der Waals surface area (Å²) in [5.41, 5.74) is 5.24. The number of halogens is 1. The molecule has 1 heterocycles. The second-order valence-corrected chi connectivity index (χ2v) is 8.41. The number of nitrogens with zero attached hydrogens (tertiary/aromatic N) is 2. The average molecular weight is 429 g/mol. The molecule has 0 N–H and O–H groups in total. The standard InChI is InChI=1S/C27H25FN2O2/c1-18(31)32-17-26-25-11-5-9-21(16-20-8-4-7-19-6-2-3-10-24(19)20)27(25)30(29-26)23-14-12-22(28)13-15-23/h2-4,6-8,10,12-15,21H,5,9,11,16-17H2,1H3. The molecule has 4 nitrogen and oxygen atoms in total. The second kappa shape index (κ2) is 8.58. The molecule has 0 bridgehead atoms. The molecule has 0 aliphatic heterocycles. The number of esters is 1. The summed E-state index contributed by atoms with van der Waals surface area (Å²) in [5, 5.41) is 7.35. The Morgan fingerprint density at radius 3 is 2.69 bits per heavy atom. The average Bonchev–Trinajstić information content (AvgIpc) is 3.18. The van der Waals surface area contributed by atoms with E-state index in [1.807, 2.05) is 4.68 Å². The Labute approximate surface area is 186 Å². The maximum absolute atomic E-state index is 13.6. The van der Waals surface area contributed by atoms with Gasteiger partial charge in [-0.15, -0.1) is 0 Å². The van der Waals surface area contributed by atoms with Crippen LogP contribution in [-0.4, -0.2) is 15.7 Å². The molecular weight excluding hydrogens is 403 g/mol. The second-order valence-electron chi connectivity index (χ2n) is 8.41. The van der Waals surface area contributed by atoms with Crippen LogP contribution in [0, 0.1) is 5.82 Å². The Morgan fingerprint density at radius 1 is 1.09 bits per heavy atom. The fourth-order valence-corrected chi connectivity index (χ4v) is 4.86. The van der Waals surface area contributed by atoms with E-state index < -0.39 is 0 Å². The largest absolute Gasteiger partial charge is 0.459 e. The number of aromatic nitrogens is 2. The predicted molar refractivity (Wildman–Crippen MR) is 122 cm³/mol. The van der Waals surface area contributed by atoms with Crippen LogP contribution in [0.2, 0.25) is 0 Å². The van der Waals surface area contributed by atoms with Crippen LogP contribution in [0.1, 0.15) is 48.2 Å². The zero-order valence-electron chi connectivity index (χ0n) is 18.1. The van der Waals surface area contributed by atoms with Crippen molar-refractivity contribution in [2.24, 2.45) is 0 Å². The van der Waals surface area contributed by atoms with Gasteiger partial charge in [0.05, 0.1) is 11.4 Å². The third-order valence-electron chi connectivity index (χ3n) is 6.30. The van der Waals surface area contributed by atoms with Crippen LogP contribution < -0.4 is 0 Å². The highest BCUT2D eigenvalue weighted by Crippen LogP contribution is 2.38. The van der Waals surface area contributed by atoms with E-state index in [2.05, 4.69) is 42.5 Å². The van der Waals surface area contributed by atoms with Crippen molar-refractivity contribution in [3.8, 4) is 5.69 Å². The highest BCUT2D eigenvalue weighted by molar-refractivity contribution is 5.85. The van der Waals surface area contributed by atoms with Gasteiger partial charge in [0, 0.05) is 18.4 Å². The smallest absolute Gasteiger partial charge is 0.303 e. The summed E-state index contributed by atoms with van der Waals surface area (Å²) < 4.78 is 20.8. The monoisotopic (exact) mass is 428 g/mol. The van der Waals surface area contributed by atoms with Crippen LogP contribution in [0.3, 0.4) is 0 Å². The van der Waals surface area contributed by atoms with Gasteiger partial charge < -0.3 is 4.74 Å². The first-order valence-corrected chi connectivity index (χ1v) is 11.1. The summed E-state index contributed by atoms with van der Waals surface area (Å²) in [4.78, 5) is 11.4. The van der Waals surface area contributed by atoms with Gasteiger partial charge in [0.25, 0.3) is 0 Å². The van der Waals surface area contributed by atoms with Crippen molar-refractivity contribution in [2.75, 3.05) is 0 Å². The number of benzene rings is 3. The molecule has 4 aromatic rings. The molecule has 0 saturated heterocycles. The normalized spacial score (nSPS) is 15.5. The Morgan fingerprint density at radius 2 is 1.88 bits per heavy atom. The van der Waals surface area contributed by atoms with Crippen molar-refractivity contribution in [3.05, 3.63) is 95.1 Å². The van der Waals surface area contributed by atoms with E-state index in [-0.39, 0.29) is 24.3 Å². The molecule has 0 spiro atoms. The van der Waals surface area contributed by atoms with Crippen LogP contribution in [0.25, 0.3) is 16.5 Å². The van der Waals surface area contributed by atoms with Gasteiger partial charge in [0.2, 0.25) is 0 Å². The van der Waals surface area contributed by atoms with Crippen LogP contribution in [0.15, 0.2) is 66.7 Å². The molecule has 1 unspecified atom stereocenters. The van der Waals surface area contributed by atoms with E-state index in [1.54, 1.807) is 12.1 Å². The molecule has 5 heteroatoms. The van der Waals surface area contributed by atoms with E-state index in [4.69, 9.17) is 9.84 Å². The Kier molecular flexibility index (Phi) is 5.48. The Hall–Kier alpha value is -3.47. The van der Waals surface area contributed by atoms with Crippen molar-refractivity contribution in [1.29, 1.82) is 0 Å². The number of hydrogen-bond donors (Lipinski definition) is 0. The molecule has 32 heavy (non-hydrogen) atoms. The molecule has 1 aromatic heterocycles. The van der Waals surface area contributed by atoms with Crippen molar-refractivity contribution in [2.45, 2.75) is 45.1 Å². The van der Waals surface area contributed by atoms with Crippen LogP contribution in [-0.2, 0) is 29.0 Å². The lowest BCUT2D eigenvalue weighted by Gasteiger charge is -2.25. The fraction of sp³-hybridized carbons (Fsp3) is 0.259. The highest BCUT2D eigenvalue weighted by Gasteiger charge is 2.30. The molecule has 3 aromatic carbocycles. The molecule has 1 aliphatic carbocycles. The van der Waals surface area contributed by atoms with E-state index in [1.165, 1.54) is 35.4 Å². The van der Waals surface area contributed by atoms with E-state index >= 15 is 0 Å². The fourth-order valence-electron chi connectivity index (χ4n) is 4.86. The molecule has 162 valence electrons. The van der Waals surface area contributed by atoms with Crippen molar-refractivity contribution >= 4 is 16.7 Å². The summed E-state index contributed by atoms with van der Waals surface area (Å²) >= 11 is 0. The maximum Gasteiger partial charge on any atom is 0.303 e. The topological polar surface area (TPSA) is 44.1 Å². The molecule has 0 amide bonds. The summed E-state index contributed by atoms with van der Waals surface area (Å²) in [6.45, 7) is 1.57. The van der Waals surface area contributed by atoms with E-state index in [0.29, 0.717) is 0 Å². The van der Waals surface area contributed by atoms with Gasteiger partial charge in [-0.2, -0.15) is 5.10 Å². The number of hydrogen-bond acceptors (Lipinski definition) is 3. The first-order valence-electron chi connectivity index (χ1n) is 11.1. The minimum atomic E-state index is -0.321. The number of ether oxygens (including phenoxy) is 1. The first kappa shape index (κ1) is 20.4. The summed E-state index contributed by atoms with van der Waals surface area (Å²) in [6.07, 6.45) is 3.91. The van der Waals surface area contributed by atoms with Gasteiger partial charge in [0.1, 0.15) is 18.1 Å². The molecule has 1 atom stereocenters. The van der Waals surface area contributed by atoms with Gasteiger partial charge >= 0.3 is 5.97 Å². The summed E-state index contributed by atoms with van der Waals surface area (Å²) in [5.74, 6) is -0.325. The van der Waals surface area contributed by atoms with Gasteiger partial charge in [-0.1, -0.05) is 42.5 Å². The third-order valence-corrected chi connectivity index (χ3v) is 6.30. The molecule has 5 rings (SSSR count). The predicted octanol–water partition coefficient (Wildman–Crippen LogP) is 5.89. The first-order chi connectivity index (χ1) is 15.6. The Bertz CT molecular complexity index is 1270. The molecule has 1 aliphatic rings. The molecule has 0 fully saturated rings. The lowest BCUT2D eigenvalue weighted by Crippen LogP contribution is -2.16. The van der Waals surface area contributed by atoms with E-state index in [0.717, 1.165) is 48.3 Å². The quantitative estimate of drug-likeness (QED) is 0.372. The van der Waals surface area contributed by atoms with Crippen molar-refractivity contribution in [3.63, 3.8) is 0 Å². The highest BCUT2D eigenvalue weighted by atomic mass is 19.1.